The highest BCUT2D eigenvalue weighted by atomic mass is 31.2. The first-order chi connectivity index (χ1) is 38.0. The average Bonchev–Trinajstić information content (AvgIpc) is 3.41. The van der Waals surface area contributed by atoms with Crippen molar-refractivity contribution >= 4 is 19.8 Å². The molecule has 78 heavy (non-hydrogen) atoms. The van der Waals surface area contributed by atoms with Crippen molar-refractivity contribution in [2.24, 2.45) is 0 Å². The number of carbonyl (C=O) groups is 2. The number of rotatable bonds is 60. The molecule has 0 heterocycles. The number of ether oxygens (including phenoxy) is 2. The molecule has 0 amide bonds. The zero-order valence-electron chi connectivity index (χ0n) is 51.6. The Balaban J connectivity index is 3.99. The number of unbranched alkanes of at least 4 members (excludes halogenated alkanes) is 34. The van der Waals surface area contributed by atoms with Gasteiger partial charge in [0, 0.05) is 12.8 Å². The van der Waals surface area contributed by atoms with Crippen molar-refractivity contribution in [2.45, 2.75) is 302 Å². The molecule has 454 valence electrons. The SMILES string of the molecule is CC/C=C\C/C=C\C/C=C\C/C=C\C/C=C\C/C=C\CCCCCCCCCCCCCCCCCCCCC(=O)OC(COC(=O)CCCCCCCCCCCCCCCCCCC)COP(=O)(O)OCC[N+](C)(C)C. The third-order valence-corrected chi connectivity index (χ3v) is 15.2. The summed E-state index contributed by atoms with van der Waals surface area (Å²) in [6.07, 6.45) is 78.5. The molecule has 1 N–H and O–H groups in total. The number of likely N-dealkylation sites (N-methyl/N-ethyl adjacent to an activating group) is 1. The Morgan fingerprint density at radius 3 is 1.09 bits per heavy atom. The molecule has 2 unspecified atom stereocenters. The maximum atomic E-state index is 12.8. The van der Waals surface area contributed by atoms with Crippen molar-refractivity contribution in [3.05, 3.63) is 72.9 Å². The summed E-state index contributed by atoms with van der Waals surface area (Å²) in [4.78, 5) is 35.7. The van der Waals surface area contributed by atoms with Gasteiger partial charge in [-0.15, -0.1) is 0 Å². The molecular formula is C68H125NO8P+. The number of hydrogen-bond donors (Lipinski definition) is 1. The van der Waals surface area contributed by atoms with E-state index in [1.165, 1.54) is 193 Å². The first kappa shape index (κ1) is 75.5. The zero-order valence-corrected chi connectivity index (χ0v) is 52.5. The third kappa shape index (κ3) is 62.6. The largest absolute Gasteiger partial charge is 0.472 e. The van der Waals surface area contributed by atoms with Gasteiger partial charge in [-0.3, -0.25) is 18.6 Å². The van der Waals surface area contributed by atoms with Crippen LogP contribution in [0.3, 0.4) is 0 Å². The lowest BCUT2D eigenvalue weighted by atomic mass is 10.0. The molecule has 0 radical (unpaired) electrons. The molecule has 0 aromatic rings. The number of phosphoric acid groups is 1. The van der Waals surface area contributed by atoms with Gasteiger partial charge < -0.3 is 18.9 Å². The van der Waals surface area contributed by atoms with Crippen LogP contribution >= 0.6 is 7.82 Å². The van der Waals surface area contributed by atoms with Gasteiger partial charge in [-0.05, 0) is 64.2 Å². The Bertz CT molecular complexity index is 1550. The molecule has 0 aliphatic carbocycles. The Hall–Kier alpha value is -2.55. The lowest BCUT2D eigenvalue weighted by Gasteiger charge is -2.24. The molecule has 0 saturated heterocycles. The van der Waals surface area contributed by atoms with E-state index in [1.807, 2.05) is 21.1 Å². The molecule has 2 atom stereocenters. The van der Waals surface area contributed by atoms with Gasteiger partial charge >= 0.3 is 19.8 Å². The van der Waals surface area contributed by atoms with Crippen molar-refractivity contribution in [3.63, 3.8) is 0 Å². The van der Waals surface area contributed by atoms with E-state index in [-0.39, 0.29) is 25.6 Å². The highest BCUT2D eigenvalue weighted by molar-refractivity contribution is 7.47. The fourth-order valence-electron chi connectivity index (χ4n) is 9.26. The van der Waals surface area contributed by atoms with E-state index in [0.717, 1.165) is 70.6 Å². The summed E-state index contributed by atoms with van der Waals surface area (Å²) >= 11 is 0. The van der Waals surface area contributed by atoms with Crippen LogP contribution in [0.15, 0.2) is 72.9 Å². The number of quaternary nitrogens is 1. The Labute approximate surface area is 482 Å². The van der Waals surface area contributed by atoms with Gasteiger partial charge in [-0.2, -0.15) is 0 Å². The van der Waals surface area contributed by atoms with Gasteiger partial charge in [0.15, 0.2) is 6.10 Å². The molecule has 0 saturated carbocycles. The van der Waals surface area contributed by atoms with Crippen molar-refractivity contribution < 1.29 is 42.1 Å². The summed E-state index contributed by atoms with van der Waals surface area (Å²) in [5.41, 5.74) is 0. The Kier molecular flexibility index (Phi) is 57.2. The van der Waals surface area contributed by atoms with Gasteiger partial charge in [0.25, 0.3) is 0 Å². The minimum atomic E-state index is -4.39. The summed E-state index contributed by atoms with van der Waals surface area (Å²) in [6.45, 7) is 4.36. The second-order valence-electron chi connectivity index (χ2n) is 23.1. The molecule has 0 aliphatic heterocycles. The molecule has 0 spiro atoms. The van der Waals surface area contributed by atoms with Crippen LogP contribution in [0, 0.1) is 0 Å². The third-order valence-electron chi connectivity index (χ3n) is 14.3. The van der Waals surface area contributed by atoms with E-state index in [1.54, 1.807) is 0 Å². The van der Waals surface area contributed by atoms with E-state index >= 15 is 0 Å². The highest BCUT2D eigenvalue weighted by Gasteiger charge is 2.27. The molecule has 0 aromatic heterocycles. The highest BCUT2D eigenvalue weighted by Crippen LogP contribution is 2.43. The fraction of sp³-hybridized carbons (Fsp3) is 0.794. The predicted molar refractivity (Wildman–Crippen MR) is 335 cm³/mol. The van der Waals surface area contributed by atoms with Crippen LogP contribution in [0.5, 0.6) is 0 Å². The molecule has 9 nitrogen and oxygen atoms in total. The van der Waals surface area contributed by atoms with Crippen LogP contribution in [0.2, 0.25) is 0 Å². The zero-order chi connectivity index (χ0) is 57.0. The number of carbonyl (C=O) groups excluding carboxylic acids is 2. The first-order valence-corrected chi connectivity index (χ1v) is 34.2. The predicted octanol–water partition coefficient (Wildman–Crippen LogP) is 20.8. The van der Waals surface area contributed by atoms with E-state index in [9.17, 15) is 19.0 Å². The first-order valence-electron chi connectivity index (χ1n) is 32.7. The summed E-state index contributed by atoms with van der Waals surface area (Å²) < 4.78 is 34.6. The molecule has 10 heteroatoms. The molecule has 0 aliphatic rings. The lowest BCUT2D eigenvalue weighted by Crippen LogP contribution is -2.37. The van der Waals surface area contributed by atoms with Crippen molar-refractivity contribution in [2.75, 3.05) is 47.5 Å². The molecule has 0 bridgehead atoms. The van der Waals surface area contributed by atoms with Crippen LogP contribution in [0.25, 0.3) is 0 Å². The monoisotopic (exact) mass is 1110 g/mol. The van der Waals surface area contributed by atoms with Crippen LogP contribution in [0.4, 0.5) is 0 Å². The Morgan fingerprint density at radius 1 is 0.410 bits per heavy atom. The molecule has 0 aromatic carbocycles. The van der Waals surface area contributed by atoms with E-state index < -0.39 is 26.5 Å². The minimum absolute atomic E-state index is 0.0329. The molecule has 0 rings (SSSR count). The maximum absolute atomic E-state index is 12.8. The van der Waals surface area contributed by atoms with E-state index in [4.69, 9.17) is 18.5 Å². The molecule has 0 fully saturated rings. The van der Waals surface area contributed by atoms with E-state index in [0.29, 0.717) is 23.9 Å². The number of nitrogens with zero attached hydrogens (tertiary/aromatic N) is 1. The fourth-order valence-corrected chi connectivity index (χ4v) is 10.00. The second-order valence-corrected chi connectivity index (χ2v) is 24.6. The van der Waals surface area contributed by atoms with Gasteiger partial charge in [0.05, 0.1) is 27.7 Å². The number of esters is 2. The van der Waals surface area contributed by atoms with Gasteiger partial charge in [0.2, 0.25) is 0 Å². The summed E-state index contributed by atoms with van der Waals surface area (Å²) in [5.74, 6) is -0.783. The second kappa shape index (κ2) is 59.1. The summed E-state index contributed by atoms with van der Waals surface area (Å²) in [6, 6.07) is 0. The maximum Gasteiger partial charge on any atom is 0.472 e. The van der Waals surface area contributed by atoms with Crippen molar-refractivity contribution in [1.29, 1.82) is 0 Å². The van der Waals surface area contributed by atoms with Crippen molar-refractivity contribution in [1.82, 2.24) is 0 Å². The smallest absolute Gasteiger partial charge is 0.462 e. The topological polar surface area (TPSA) is 108 Å². The number of phosphoric ester groups is 1. The quantitative estimate of drug-likeness (QED) is 0.0211. The van der Waals surface area contributed by atoms with E-state index in [2.05, 4.69) is 86.8 Å². The van der Waals surface area contributed by atoms with Crippen molar-refractivity contribution in [3.8, 4) is 0 Å². The number of allylic oxidation sites excluding steroid dienone is 12. The van der Waals surface area contributed by atoms with Gasteiger partial charge in [-0.1, -0.05) is 292 Å². The number of hydrogen-bond acceptors (Lipinski definition) is 7. The summed E-state index contributed by atoms with van der Waals surface area (Å²) in [5, 5.41) is 0. The van der Waals surface area contributed by atoms with Crippen LogP contribution in [-0.2, 0) is 32.7 Å². The van der Waals surface area contributed by atoms with Crippen LogP contribution < -0.4 is 0 Å². The van der Waals surface area contributed by atoms with Crippen LogP contribution in [0.1, 0.15) is 296 Å². The standard InChI is InChI=1S/C68H124NO8P/c1-6-8-10-12-14-16-18-20-22-24-25-26-27-28-29-30-31-32-33-34-35-36-37-38-39-40-41-42-43-45-47-49-51-53-55-57-59-61-68(71)77-66(65-76-78(72,73)75-63-62-69(3,4)5)64-74-67(70)60-58-56-54-52-50-48-46-44-23-21-19-17-15-13-11-9-7-2/h8,10,14,16,20,22,25-26,28-29,31-32,66H,6-7,9,11-13,15,17-19,21,23-24,27,30,33-65H2,1-5H3/p+1/b10-8-,16-14-,22-20-,26-25-,29-28-,32-31-. The minimum Gasteiger partial charge on any atom is -0.462 e. The Morgan fingerprint density at radius 2 is 0.731 bits per heavy atom. The average molecular weight is 1120 g/mol. The van der Waals surface area contributed by atoms with Crippen LogP contribution in [-0.4, -0.2) is 74.9 Å². The summed E-state index contributed by atoms with van der Waals surface area (Å²) in [7, 11) is 1.49. The van der Waals surface area contributed by atoms with Gasteiger partial charge in [-0.25, -0.2) is 4.57 Å². The normalized spacial score (nSPS) is 13.7. The lowest BCUT2D eigenvalue weighted by molar-refractivity contribution is -0.870. The molecular weight excluding hydrogens is 990 g/mol. The van der Waals surface area contributed by atoms with Gasteiger partial charge in [0.1, 0.15) is 19.8 Å².